The third-order valence-electron chi connectivity index (χ3n) is 2.09. The van der Waals surface area contributed by atoms with Crippen LogP contribution in [0.25, 0.3) is 0 Å². The molecule has 4 heteroatoms. The molecule has 2 rings (SSSR count). The van der Waals surface area contributed by atoms with Gasteiger partial charge in [0.15, 0.2) is 4.67 Å². The van der Waals surface area contributed by atoms with Crippen LogP contribution in [0.15, 0.2) is 32.9 Å². The summed E-state index contributed by atoms with van der Waals surface area (Å²) in [5.74, 6) is 0. The van der Waals surface area contributed by atoms with E-state index in [0.29, 0.717) is 4.67 Å². The van der Waals surface area contributed by atoms with Crippen molar-refractivity contribution in [2.24, 2.45) is 0 Å². The summed E-state index contributed by atoms with van der Waals surface area (Å²) in [6.07, 6.45) is 0.967. The smallest absolute Gasteiger partial charge is 0.175 e. The maximum absolute atomic E-state index is 10.1. The lowest BCUT2D eigenvalue weighted by molar-refractivity contribution is 0.221. The number of aliphatic hydroxyl groups is 1. The summed E-state index contributed by atoms with van der Waals surface area (Å²) in [7, 11) is 0. The molecule has 0 amide bonds. The Kier molecular flexibility index (Phi) is 2.76. The highest BCUT2D eigenvalue weighted by Gasteiger charge is 2.18. The molecule has 1 atom stereocenters. The van der Waals surface area contributed by atoms with E-state index in [2.05, 4.69) is 15.9 Å². The van der Waals surface area contributed by atoms with Crippen molar-refractivity contribution in [3.05, 3.63) is 44.4 Å². The lowest BCUT2D eigenvalue weighted by Gasteiger charge is -2.07. The summed E-state index contributed by atoms with van der Waals surface area (Å²) in [6, 6.07) is 3.77. The summed E-state index contributed by atoms with van der Waals surface area (Å²) in [6.45, 7) is 1.99. The molecule has 0 aliphatic rings. The molecule has 0 aliphatic heterocycles. The van der Waals surface area contributed by atoms with Crippen molar-refractivity contribution in [1.29, 1.82) is 0 Å². The number of hydrogen-bond acceptors (Lipinski definition) is 3. The van der Waals surface area contributed by atoms with Gasteiger partial charge in [-0.3, -0.25) is 0 Å². The number of furan rings is 1. The Morgan fingerprint density at radius 1 is 1.50 bits per heavy atom. The van der Waals surface area contributed by atoms with Crippen LogP contribution in [0.2, 0.25) is 0 Å². The third-order valence-corrected chi connectivity index (χ3v) is 3.81. The second-order valence-electron chi connectivity index (χ2n) is 3.02. The van der Waals surface area contributed by atoms with Crippen LogP contribution in [-0.2, 0) is 0 Å². The molecule has 2 aromatic heterocycles. The van der Waals surface area contributed by atoms with Crippen molar-refractivity contribution >= 4 is 27.3 Å². The molecule has 14 heavy (non-hydrogen) atoms. The Bertz CT molecular complexity index is 393. The molecule has 2 nitrogen and oxygen atoms in total. The standard InChI is InChI=1S/C10H9BrO2S/c1-6-3-5-14-9(6)8(12)7-2-4-13-10(7)11/h2-5,8,12H,1H3. The van der Waals surface area contributed by atoms with Gasteiger partial charge >= 0.3 is 0 Å². The van der Waals surface area contributed by atoms with Gasteiger partial charge in [0.25, 0.3) is 0 Å². The van der Waals surface area contributed by atoms with Crippen LogP contribution < -0.4 is 0 Å². The molecule has 0 spiro atoms. The minimum Gasteiger partial charge on any atom is -0.457 e. The number of hydrogen-bond donors (Lipinski definition) is 1. The highest BCUT2D eigenvalue weighted by molar-refractivity contribution is 9.10. The second-order valence-corrected chi connectivity index (χ2v) is 4.69. The van der Waals surface area contributed by atoms with E-state index < -0.39 is 6.10 Å². The van der Waals surface area contributed by atoms with Crippen molar-refractivity contribution in [3.8, 4) is 0 Å². The third kappa shape index (κ3) is 1.65. The van der Waals surface area contributed by atoms with Crippen molar-refractivity contribution < 1.29 is 9.52 Å². The van der Waals surface area contributed by atoms with Gasteiger partial charge in [-0.25, -0.2) is 0 Å². The zero-order valence-corrected chi connectivity index (χ0v) is 9.93. The highest BCUT2D eigenvalue weighted by atomic mass is 79.9. The molecule has 2 heterocycles. The summed E-state index contributed by atoms with van der Waals surface area (Å²) in [5, 5.41) is 12.0. The fraction of sp³-hybridized carbons (Fsp3) is 0.200. The minimum absolute atomic E-state index is 0.594. The zero-order valence-electron chi connectivity index (χ0n) is 7.53. The Morgan fingerprint density at radius 2 is 2.29 bits per heavy atom. The van der Waals surface area contributed by atoms with Crippen molar-refractivity contribution in [1.82, 2.24) is 0 Å². The fourth-order valence-electron chi connectivity index (χ4n) is 1.31. The molecule has 0 saturated heterocycles. The predicted octanol–water partition coefficient (Wildman–Crippen LogP) is 3.49. The number of rotatable bonds is 2. The quantitative estimate of drug-likeness (QED) is 0.908. The predicted molar refractivity (Wildman–Crippen MR) is 59.5 cm³/mol. The Labute approximate surface area is 94.3 Å². The lowest BCUT2D eigenvalue weighted by atomic mass is 10.1. The Hall–Kier alpha value is -0.580. The molecule has 1 unspecified atom stereocenters. The molecule has 0 fully saturated rings. The van der Waals surface area contributed by atoms with Crippen molar-refractivity contribution in [3.63, 3.8) is 0 Å². The monoisotopic (exact) mass is 272 g/mol. The zero-order chi connectivity index (χ0) is 10.1. The van der Waals surface area contributed by atoms with E-state index in [1.54, 1.807) is 23.7 Å². The van der Waals surface area contributed by atoms with E-state index in [9.17, 15) is 5.11 Å². The van der Waals surface area contributed by atoms with E-state index in [-0.39, 0.29) is 0 Å². The molecule has 0 aromatic carbocycles. The van der Waals surface area contributed by atoms with E-state index >= 15 is 0 Å². The van der Waals surface area contributed by atoms with Gasteiger partial charge in [-0.05, 0) is 45.9 Å². The molecule has 2 aromatic rings. The first-order chi connectivity index (χ1) is 6.70. The summed E-state index contributed by atoms with van der Waals surface area (Å²) < 4.78 is 5.68. The van der Waals surface area contributed by atoms with Gasteiger partial charge in [0.2, 0.25) is 0 Å². The maximum Gasteiger partial charge on any atom is 0.175 e. The van der Waals surface area contributed by atoms with Crippen LogP contribution in [0.3, 0.4) is 0 Å². The minimum atomic E-state index is -0.594. The average Bonchev–Trinajstić information content (AvgIpc) is 2.73. The molecule has 74 valence electrons. The second kappa shape index (κ2) is 3.88. The highest BCUT2D eigenvalue weighted by Crippen LogP contribution is 2.33. The Morgan fingerprint density at radius 3 is 2.79 bits per heavy atom. The lowest BCUT2D eigenvalue weighted by Crippen LogP contribution is -1.97. The van der Waals surface area contributed by atoms with E-state index in [4.69, 9.17) is 4.42 Å². The van der Waals surface area contributed by atoms with Gasteiger partial charge in [-0.1, -0.05) is 0 Å². The number of aryl methyl sites for hydroxylation is 1. The number of halogens is 1. The van der Waals surface area contributed by atoms with Gasteiger partial charge in [0.05, 0.1) is 6.26 Å². The molecule has 0 bridgehead atoms. The van der Waals surface area contributed by atoms with E-state index in [0.717, 1.165) is 16.0 Å². The number of thiophene rings is 1. The average molecular weight is 273 g/mol. The van der Waals surface area contributed by atoms with Gasteiger partial charge < -0.3 is 9.52 Å². The molecule has 1 N–H and O–H groups in total. The first-order valence-corrected chi connectivity index (χ1v) is 5.82. The molecule has 0 aliphatic carbocycles. The first kappa shape index (κ1) is 9.96. The molecule has 0 radical (unpaired) electrons. The van der Waals surface area contributed by atoms with Crippen LogP contribution in [0, 0.1) is 6.92 Å². The molecular weight excluding hydrogens is 264 g/mol. The summed E-state index contributed by atoms with van der Waals surface area (Å²) in [4.78, 5) is 0.965. The van der Waals surface area contributed by atoms with E-state index in [1.165, 1.54) is 0 Å². The normalized spacial score (nSPS) is 13.1. The van der Waals surface area contributed by atoms with Crippen LogP contribution in [0.1, 0.15) is 22.1 Å². The SMILES string of the molecule is Cc1ccsc1C(O)c1ccoc1Br. The first-order valence-electron chi connectivity index (χ1n) is 4.15. The molecular formula is C10H9BrO2S. The van der Waals surface area contributed by atoms with Crippen LogP contribution in [0.5, 0.6) is 0 Å². The Balaban J connectivity index is 2.38. The number of aliphatic hydroxyl groups excluding tert-OH is 1. The van der Waals surface area contributed by atoms with Gasteiger partial charge in [0, 0.05) is 10.4 Å². The van der Waals surface area contributed by atoms with Crippen LogP contribution in [0.4, 0.5) is 0 Å². The van der Waals surface area contributed by atoms with Crippen molar-refractivity contribution in [2.75, 3.05) is 0 Å². The summed E-state index contributed by atoms with van der Waals surface area (Å²) in [5.41, 5.74) is 1.88. The van der Waals surface area contributed by atoms with Crippen molar-refractivity contribution in [2.45, 2.75) is 13.0 Å². The maximum atomic E-state index is 10.1. The van der Waals surface area contributed by atoms with Gasteiger partial charge in [0.1, 0.15) is 6.10 Å². The van der Waals surface area contributed by atoms with Crippen LogP contribution in [-0.4, -0.2) is 5.11 Å². The van der Waals surface area contributed by atoms with Gasteiger partial charge in [-0.2, -0.15) is 0 Å². The van der Waals surface area contributed by atoms with Crippen LogP contribution >= 0.6 is 27.3 Å². The summed E-state index contributed by atoms with van der Waals surface area (Å²) >= 11 is 4.81. The largest absolute Gasteiger partial charge is 0.457 e. The van der Waals surface area contributed by atoms with Gasteiger partial charge in [-0.15, -0.1) is 11.3 Å². The molecule has 0 saturated carbocycles. The van der Waals surface area contributed by atoms with E-state index in [1.807, 2.05) is 18.4 Å². The fourth-order valence-corrected chi connectivity index (χ4v) is 2.69. The topological polar surface area (TPSA) is 33.4 Å².